The number of carboxylic acid groups (broad SMARTS) is 1. The zero-order valence-corrected chi connectivity index (χ0v) is 14.2. The van der Waals surface area contributed by atoms with Crippen LogP contribution in [0.4, 0.5) is 0 Å². The normalized spacial score (nSPS) is 11.7. The molecule has 1 amide bonds. The van der Waals surface area contributed by atoms with E-state index in [0.29, 0.717) is 5.56 Å². The molecule has 0 fully saturated rings. The molecule has 2 aromatic rings. The summed E-state index contributed by atoms with van der Waals surface area (Å²) in [5.74, 6) is -1.39. The van der Waals surface area contributed by atoms with Gasteiger partial charge in [0.05, 0.1) is 0 Å². The van der Waals surface area contributed by atoms with Gasteiger partial charge >= 0.3 is 5.97 Å². The fourth-order valence-corrected chi connectivity index (χ4v) is 2.51. The SMILES string of the molecule is CCCCc1ccc(C(=O)NC(Cc2ccc(O)cc2)C(=O)O)cc1. The van der Waals surface area contributed by atoms with E-state index in [1.54, 1.807) is 24.3 Å². The molecule has 0 spiro atoms. The first-order chi connectivity index (χ1) is 12.0. The van der Waals surface area contributed by atoms with Crippen molar-refractivity contribution in [2.75, 3.05) is 0 Å². The molecule has 0 aromatic heterocycles. The molecule has 2 rings (SSSR count). The molecule has 0 radical (unpaired) electrons. The average molecular weight is 341 g/mol. The Labute approximate surface area is 147 Å². The van der Waals surface area contributed by atoms with Crippen LogP contribution in [-0.4, -0.2) is 28.1 Å². The topological polar surface area (TPSA) is 86.6 Å². The molecule has 0 bridgehead atoms. The number of phenols is 1. The smallest absolute Gasteiger partial charge is 0.326 e. The van der Waals surface area contributed by atoms with Gasteiger partial charge in [0.2, 0.25) is 0 Å². The Morgan fingerprint density at radius 3 is 2.16 bits per heavy atom. The standard InChI is InChI=1S/C20H23NO4/c1-2-3-4-14-5-9-16(10-6-14)19(23)21-18(20(24)25)13-15-7-11-17(22)12-8-15/h5-12,18,22H,2-4,13H2,1H3,(H,21,23)(H,24,25). The van der Waals surface area contributed by atoms with Gasteiger partial charge in [0.15, 0.2) is 0 Å². The highest BCUT2D eigenvalue weighted by molar-refractivity contribution is 5.96. The summed E-state index contributed by atoms with van der Waals surface area (Å²) in [4.78, 5) is 23.8. The number of aliphatic carboxylic acids is 1. The van der Waals surface area contributed by atoms with Crippen molar-refractivity contribution in [1.29, 1.82) is 0 Å². The van der Waals surface area contributed by atoms with Crippen molar-refractivity contribution >= 4 is 11.9 Å². The first-order valence-electron chi connectivity index (χ1n) is 8.40. The summed E-state index contributed by atoms with van der Waals surface area (Å²) in [7, 11) is 0. The van der Waals surface area contributed by atoms with Crippen molar-refractivity contribution in [1.82, 2.24) is 5.32 Å². The molecule has 5 heteroatoms. The molecule has 0 saturated carbocycles. The fraction of sp³-hybridized carbons (Fsp3) is 0.300. The zero-order chi connectivity index (χ0) is 18.2. The number of phenolic OH excluding ortho intramolecular Hbond substituents is 1. The van der Waals surface area contributed by atoms with Crippen LogP contribution in [0.15, 0.2) is 48.5 Å². The first-order valence-corrected chi connectivity index (χ1v) is 8.40. The minimum absolute atomic E-state index is 0.114. The van der Waals surface area contributed by atoms with Crippen LogP contribution in [0, 0.1) is 0 Å². The predicted molar refractivity (Wildman–Crippen MR) is 95.8 cm³/mol. The number of amides is 1. The van der Waals surface area contributed by atoms with E-state index in [1.165, 1.54) is 12.1 Å². The number of aromatic hydroxyl groups is 1. The Balaban J connectivity index is 2.01. The van der Waals surface area contributed by atoms with Crippen LogP contribution in [0.5, 0.6) is 5.75 Å². The van der Waals surface area contributed by atoms with Gasteiger partial charge < -0.3 is 15.5 Å². The number of nitrogens with one attached hydrogen (secondary N) is 1. The molecule has 0 saturated heterocycles. The number of carbonyl (C=O) groups excluding carboxylic acids is 1. The van der Waals surface area contributed by atoms with Crippen molar-refractivity contribution in [2.45, 2.75) is 38.6 Å². The fourth-order valence-electron chi connectivity index (χ4n) is 2.51. The third-order valence-corrected chi connectivity index (χ3v) is 4.01. The number of aryl methyl sites for hydroxylation is 1. The highest BCUT2D eigenvalue weighted by Crippen LogP contribution is 2.12. The van der Waals surface area contributed by atoms with E-state index < -0.39 is 17.9 Å². The monoisotopic (exact) mass is 341 g/mol. The summed E-state index contributed by atoms with van der Waals surface area (Å²) in [6, 6.07) is 12.5. The number of rotatable bonds is 8. The van der Waals surface area contributed by atoms with Crippen molar-refractivity contribution in [3.63, 3.8) is 0 Å². The molecule has 0 aliphatic carbocycles. The van der Waals surface area contributed by atoms with Gasteiger partial charge in [-0.15, -0.1) is 0 Å². The van der Waals surface area contributed by atoms with Gasteiger partial charge in [-0.2, -0.15) is 0 Å². The molecule has 0 aliphatic rings. The summed E-state index contributed by atoms with van der Waals surface area (Å²) in [6.07, 6.45) is 3.33. The number of carboxylic acids is 1. The van der Waals surface area contributed by atoms with Crippen molar-refractivity contribution in [3.05, 3.63) is 65.2 Å². The molecule has 3 N–H and O–H groups in total. The number of unbranched alkanes of at least 4 members (excludes halogenated alkanes) is 1. The lowest BCUT2D eigenvalue weighted by Crippen LogP contribution is -2.42. The molecule has 5 nitrogen and oxygen atoms in total. The van der Waals surface area contributed by atoms with E-state index in [1.807, 2.05) is 12.1 Å². The van der Waals surface area contributed by atoms with Crippen LogP contribution in [0.3, 0.4) is 0 Å². The summed E-state index contributed by atoms with van der Waals surface area (Å²) in [6.45, 7) is 2.13. The van der Waals surface area contributed by atoms with E-state index >= 15 is 0 Å². The molecule has 0 aliphatic heterocycles. The second kappa shape index (κ2) is 8.87. The molecular formula is C20H23NO4. The molecule has 132 valence electrons. The van der Waals surface area contributed by atoms with Crippen LogP contribution in [-0.2, 0) is 17.6 Å². The third kappa shape index (κ3) is 5.64. The second-order valence-corrected chi connectivity index (χ2v) is 6.04. The van der Waals surface area contributed by atoms with Crippen LogP contribution < -0.4 is 5.32 Å². The first kappa shape index (κ1) is 18.5. The maximum absolute atomic E-state index is 12.3. The summed E-state index contributed by atoms with van der Waals surface area (Å²) in [5.41, 5.74) is 2.33. The summed E-state index contributed by atoms with van der Waals surface area (Å²) >= 11 is 0. The average Bonchev–Trinajstić information content (AvgIpc) is 2.61. The predicted octanol–water partition coefficient (Wildman–Crippen LogP) is 3.16. The molecular weight excluding hydrogens is 318 g/mol. The van der Waals surface area contributed by atoms with E-state index in [-0.39, 0.29) is 12.2 Å². The van der Waals surface area contributed by atoms with E-state index in [0.717, 1.165) is 30.4 Å². The van der Waals surface area contributed by atoms with Gasteiger partial charge in [-0.05, 0) is 48.2 Å². The largest absolute Gasteiger partial charge is 0.508 e. The lowest BCUT2D eigenvalue weighted by Gasteiger charge is -2.15. The van der Waals surface area contributed by atoms with Crippen LogP contribution in [0.2, 0.25) is 0 Å². The highest BCUT2D eigenvalue weighted by atomic mass is 16.4. The van der Waals surface area contributed by atoms with Crippen LogP contribution in [0.1, 0.15) is 41.3 Å². The number of carbonyl (C=O) groups is 2. The third-order valence-electron chi connectivity index (χ3n) is 4.01. The molecule has 1 atom stereocenters. The minimum Gasteiger partial charge on any atom is -0.508 e. The van der Waals surface area contributed by atoms with Gasteiger partial charge in [0.1, 0.15) is 11.8 Å². The lowest BCUT2D eigenvalue weighted by atomic mass is 10.0. The van der Waals surface area contributed by atoms with Crippen LogP contribution >= 0.6 is 0 Å². The van der Waals surface area contributed by atoms with Gasteiger partial charge in [-0.1, -0.05) is 37.6 Å². The van der Waals surface area contributed by atoms with E-state index in [4.69, 9.17) is 0 Å². The van der Waals surface area contributed by atoms with Gasteiger partial charge in [0.25, 0.3) is 5.91 Å². The highest BCUT2D eigenvalue weighted by Gasteiger charge is 2.21. The zero-order valence-electron chi connectivity index (χ0n) is 14.2. The van der Waals surface area contributed by atoms with Gasteiger partial charge in [0, 0.05) is 12.0 Å². The maximum atomic E-state index is 12.3. The van der Waals surface area contributed by atoms with Crippen molar-refractivity contribution < 1.29 is 19.8 Å². The van der Waals surface area contributed by atoms with Gasteiger partial charge in [-0.25, -0.2) is 4.79 Å². The second-order valence-electron chi connectivity index (χ2n) is 6.04. The Morgan fingerprint density at radius 2 is 1.60 bits per heavy atom. The minimum atomic E-state index is -1.10. The molecule has 1 unspecified atom stereocenters. The Bertz CT molecular complexity index is 707. The quantitative estimate of drug-likeness (QED) is 0.688. The van der Waals surface area contributed by atoms with Crippen LogP contribution in [0.25, 0.3) is 0 Å². The van der Waals surface area contributed by atoms with Crippen molar-refractivity contribution in [3.8, 4) is 5.75 Å². The van der Waals surface area contributed by atoms with E-state index in [9.17, 15) is 19.8 Å². The Hall–Kier alpha value is -2.82. The number of benzene rings is 2. The number of hydrogen-bond donors (Lipinski definition) is 3. The molecule has 0 heterocycles. The molecule has 2 aromatic carbocycles. The Kier molecular flexibility index (Phi) is 6.57. The lowest BCUT2D eigenvalue weighted by molar-refractivity contribution is -0.139. The molecule has 25 heavy (non-hydrogen) atoms. The van der Waals surface area contributed by atoms with Crippen molar-refractivity contribution in [2.24, 2.45) is 0 Å². The number of hydrogen-bond acceptors (Lipinski definition) is 3. The maximum Gasteiger partial charge on any atom is 0.326 e. The summed E-state index contributed by atoms with van der Waals surface area (Å²) < 4.78 is 0. The van der Waals surface area contributed by atoms with E-state index in [2.05, 4.69) is 12.2 Å². The Morgan fingerprint density at radius 1 is 1.00 bits per heavy atom. The summed E-state index contributed by atoms with van der Waals surface area (Å²) in [5, 5.41) is 21.2. The van der Waals surface area contributed by atoms with Gasteiger partial charge in [-0.3, -0.25) is 4.79 Å².